The van der Waals surface area contributed by atoms with Crippen molar-refractivity contribution in [1.29, 1.82) is 0 Å². The lowest BCUT2D eigenvalue weighted by Gasteiger charge is -2.37. The topological polar surface area (TPSA) is 75.6 Å². The van der Waals surface area contributed by atoms with Gasteiger partial charge in [0.2, 0.25) is 0 Å². The van der Waals surface area contributed by atoms with Crippen molar-refractivity contribution in [1.82, 2.24) is 10.2 Å². The van der Waals surface area contributed by atoms with Crippen LogP contribution in [-0.2, 0) is 9.47 Å². The van der Waals surface area contributed by atoms with Gasteiger partial charge in [-0.1, -0.05) is 12.1 Å². The highest BCUT2D eigenvalue weighted by Crippen LogP contribution is 2.22. The normalized spacial score (nSPS) is 23.8. The number of aliphatic hydroxyl groups excluding tert-OH is 1. The number of nitrogens with one attached hydrogen (secondary N) is 1. The average Bonchev–Trinajstić information content (AvgIpc) is 3.26. The molecule has 0 radical (unpaired) electrons. The molecule has 2 N–H and O–H groups in total. The number of nitrogens with zero attached hydrogens (tertiary/aromatic N) is 2. The van der Waals surface area contributed by atoms with E-state index in [1.165, 1.54) is 0 Å². The van der Waals surface area contributed by atoms with Crippen LogP contribution in [0.2, 0.25) is 0 Å². The van der Waals surface area contributed by atoms with Gasteiger partial charge < -0.3 is 29.5 Å². The van der Waals surface area contributed by atoms with E-state index in [2.05, 4.69) is 15.2 Å². The Morgan fingerprint density at radius 3 is 2.89 bits per heavy atom. The zero-order chi connectivity index (χ0) is 19.1. The fourth-order valence-corrected chi connectivity index (χ4v) is 3.54. The quantitative estimate of drug-likeness (QED) is 0.351. The molecular formula is C20H32IN3O4. The molecule has 2 saturated heterocycles. The second-order valence-corrected chi connectivity index (χ2v) is 6.89. The van der Waals surface area contributed by atoms with Crippen LogP contribution >= 0.6 is 24.0 Å². The molecule has 8 heteroatoms. The number of aliphatic imine (C=N–C) groups is 1. The first-order valence-electron chi connectivity index (χ1n) is 9.79. The summed E-state index contributed by atoms with van der Waals surface area (Å²) in [5.74, 6) is 1.54. The summed E-state index contributed by atoms with van der Waals surface area (Å²) in [7, 11) is 1.62. The predicted molar refractivity (Wildman–Crippen MR) is 120 cm³/mol. The Labute approximate surface area is 184 Å². The molecule has 0 aliphatic carbocycles. The number of halogens is 1. The van der Waals surface area contributed by atoms with E-state index >= 15 is 0 Å². The van der Waals surface area contributed by atoms with Gasteiger partial charge in [-0.05, 0) is 37.5 Å². The SMILES string of the molecule is CCNC(=NCC(O)c1cccc(OC)c1)N1CCOC(C2CCCO2)C1.I. The van der Waals surface area contributed by atoms with Crippen molar-refractivity contribution >= 4 is 29.9 Å². The highest BCUT2D eigenvalue weighted by Gasteiger charge is 2.32. The maximum Gasteiger partial charge on any atom is 0.194 e. The third-order valence-corrected chi connectivity index (χ3v) is 5.00. The fraction of sp³-hybridized carbons (Fsp3) is 0.650. The lowest BCUT2D eigenvalue weighted by atomic mass is 10.1. The first kappa shape index (κ1) is 23.2. The minimum Gasteiger partial charge on any atom is -0.497 e. The molecule has 2 aliphatic rings. The molecular weight excluding hydrogens is 473 g/mol. The first-order valence-corrected chi connectivity index (χ1v) is 9.79. The van der Waals surface area contributed by atoms with Crippen LogP contribution in [0.5, 0.6) is 5.75 Å². The standard InChI is InChI=1S/C20H31N3O4.HI/c1-3-21-20(22-13-17(24)15-6-4-7-16(12-15)25-2)23-9-11-27-19(14-23)18-8-5-10-26-18;/h4,6-7,12,17-19,24H,3,5,8-11,13-14H2,1-2H3,(H,21,22);1H. The zero-order valence-electron chi connectivity index (χ0n) is 16.7. The molecule has 7 nitrogen and oxygen atoms in total. The van der Waals surface area contributed by atoms with Crippen LogP contribution < -0.4 is 10.1 Å². The van der Waals surface area contributed by atoms with Crippen LogP contribution in [0.3, 0.4) is 0 Å². The Hall–Kier alpha value is -1.10. The highest BCUT2D eigenvalue weighted by atomic mass is 127. The van der Waals surface area contributed by atoms with Crippen molar-refractivity contribution in [3.63, 3.8) is 0 Å². The summed E-state index contributed by atoms with van der Waals surface area (Å²) in [5, 5.41) is 13.9. The Morgan fingerprint density at radius 2 is 2.18 bits per heavy atom. The first-order chi connectivity index (χ1) is 13.2. The Balaban J connectivity index is 0.00000280. The molecule has 2 heterocycles. The molecule has 0 spiro atoms. The monoisotopic (exact) mass is 505 g/mol. The van der Waals surface area contributed by atoms with E-state index in [1.807, 2.05) is 31.2 Å². The van der Waals surface area contributed by atoms with Gasteiger partial charge in [-0.2, -0.15) is 0 Å². The molecule has 0 aromatic heterocycles. The molecule has 2 fully saturated rings. The van der Waals surface area contributed by atoms with Gasteiger partial charge >= 0.3 is 0 Å². The van der Waals surface area contributed by atoms with E-state index in [0.717, 1.165) is 56.4 Å². The largest absolute Gasteiger partial charge is 0.497 e. The Kier molecular flexibility index (Phi) is 9.76. The summed E-state index contributed by atoms with van der Waals surface area (Å²) in [6.07, 6.45) is 1.74. The molecule has 158 valence electrons. The van der Waals surface area contributed by atoms with Crippen LogP contribution in [0.25, 0.3) is 0 Å². The van der Waals surface area contributed by atoms with Crippen molar-refractivity contribution in [2.75, 3.05) is 46.5 Å². The molecule has 0 saturated carbocycles. The van der Waals surface area contributed by atoms with Crippen molar-refractivity contribution in [2.45, 2.75) is 38.1 Å². The molecule has 28 heavy (non-hydrogen) atoms. The minimum absolute atomic E-state index is 0. The average molecular weight is 505 g/mol. The lowest BCUT2D eigenvalue weighted by molar-refractivity contribution is -0.0817. The van der Waals surface area contributed by atoms with Crippen molar-refractivity contribution in [3.8, 4) is 5.75 Å². The molecule has 0 bridgehead atoms. The number of hydrogen-bond acceptors (Lipinski definition) is 5. The second kappa shape index (κ2) is 11.8. The number of hydrogen-bond donors (Lipinski definition) is 2. The zero-order valence-corrected chi connectivity index (χ0v) is 19.0. The summed E-state index contributed by atoms with van der Waals surface area (Å²) in [4.78, 5) is 6.88. The van der Waals surface area contributed by atoms with Gasteiger partial charge in [-0.3, -0.25) is 4.99 Å². The van der Waals surface area contributed by atoms with Crippen LogP contribution in [0.15, 0.2) is 29.3 Å². The highest BCUT2D eigenvalue weighted by molar-refractivity contribution is 14.0. The van der Waals surface area contributed by atoms with Crippen molar-refractivity contribution in [3.05, 3.63) is 29.8 Å². The third-order valence-electron chi connectivity index (χ3n) is 5.00. The molecule has 0 amide bonds. The van der Waals surface area contributed by atoms with Crippen LogP contribution in [0.1, 0.15) is 31.4 Å². The second-order valence-electron chi connectivity index (χ2n) is 6.89. The van der Waals surface area contributed by atoms with Crippen molar-refractivity contribution in [2.24, 2.45) is 4.99 Å². The van der Waals surface area contributed by atoms with E-state index < -0.39 is 6.10 Å². The molecule has 1 aromatic carbocycles. The van der Waals surface area contributed by atoms with Crippen LogP contribution in [-0.4, -0.2) is 74.7 Å². The van der Waals surface area contributed by atoms with E-state index in [0.29, 0.717) is 6.61 Å². The Morgan fingerprint density at radius 1 is 1.36 bits per heavy atom. The lowest BCUT2D eigenvalue weighted by Crippen LogP contribution is -2.53. The van der Waals surface area contributed by atoms with E-state index in [4.69, 9.17) is 14.2 Å². The Bertz CT molecular complexity index is 625. The number of methoxy groups -OCH3 is 1. The van der Waals surface area contributed by atoms with Gasteiger partial charge in [0.25, 0.3) is 0 Å². The summed E-state index contributed by atoms with van der Waals surface area (Å²) >= 11 is 0. The predicted octanol–water partition coefficient (Wildman–Crippen LogP) is 2.19. The molecule has 3 rings (SSSR count). The van der Waals surface area contributed by atoms with Gasteiger partial charge in [-0.15, -0.1) is 24.0 Å². The smallest absolute Gasteiger partial charge is 0.194 e. The molecule has 3 atom stereocenters. The molecule has 2 aliphatic heterocycles. The number of aliphatic hydroxyl groups is 1. The summed E-state index contributed by atoms with van der Waals surface area (Å²) in [5.41, 5.74) is 0.799. The number of guanidine groups is 1. The summed E-state index contributed by atoms with van der Waals surface area (Å²) < 4.78 is 17.0. The number of benzene rings is 1. The number of ether oxygens (including phenoxy) is 3. The van der Waals surface area contributed by atoms with Crippen LogP contribution in [0.4, 0.5) is 0 Å². The van der Waals surface area contributed by atoms with E-state index in [9.17, 15) is 5.11 Å². The van der Waals surface area contributed by atoms with Gasteiger partial charge in [0, 0.05) is 26.2 Å². The third kappa shape index (κ3) is 6.20. The number of rotatable bonds is 6. The van der Waals surface area contributed by atoms with Gasteiger partial charge in [0.05, 0.1) is 32.5 Å². The van der Waals surface area contributed by atoms with Crippen molar-refractivity contribution < 1.29 is 19.3 Å². The summed E-state index contributed by atoms with van der Waals surface area (Å²) in [6.45, 7) is 6.13. The van der Waals surface area contributed by atoms with Gasteiger partial charge in [0.15, 0.2) is 5.96 Å². The molecule has 1 aromatic rings. The fourth-order valence-electron chi connectivity index (χ4n) is 3.54. The summed E-state index contributed by atoms with van der Waals surface area (Å²) in [6, 6.07) is 7.47. The maximum absolute atomic E-state index is 10.5. The number of morpholine rings is 1. The van der Waals surface area contributed by atoms with Gasteiger partial charge in [0.1, 0.15) is 11.9 Å². The molecule has 3 unspecified atom stereocenters. The van der Waals surface area contributed by atoms with Gasteiger partial charge in [-0.25, -0.2) is 0 Å². The van der Waals surface area contributed by atoms with E-state index in [1.54, 1.807) is 7.11 Å². The van der Waals surface area contributed by atoms with E-state index in [-0.39, 0.29) is 42.7 Å². The minimum atomic E-state index is -0.677. The van der Waals surface area contributed by atoms with Crippen LogP contribution in [0, 0.1) is 0 Å². The maximum atomic E-state index is 10.5.